The lowest BCUT2D eigenvalue weighted by atomic mass is 10.00. The molecule has 1 N–H and O–H groups in total. The van der Waals surface area contributed by atoms with Crippen LogP contribution in [0, 0.1) is 5.92 Å². The van der Waals surface area contributed by atoms with E-state index in [9.17, 15) is 0 Å². The molecule has 116 valence electrons. The molecule has 0 aliphatic heterocycles. The molecule has 1 atom stereocenters. The van der Waals surface area contributed by atoms with Crippen LogP contribution in [-0.4, -0.2) is 49.0 Å². The smallest absolute Gasteiger partial charge is 0.161 e. The largest absolute Gasteiger partial charge is 0.493 e. The Hall–Kier alpha value is -1.07. The van der Waals surface area contributed by atoms with Gasteiger partial charge in [0.1, 0.15) is 0 Å². The molecule has 1 rings (SSSR count). The van der Waals surface area contributed by atoms with Crippen molar-refractivity contribution in [3.05, 3.63) is 11.9 Å². The van der Waals surface area contributed by atoms with E-state index in [1.165, 1.54) is 0 Å². The summed E-state index contributed by atoms with van der Waals surface area (Å²) in [7, 11) is 5.87. The van der Waals surface area contributed by atoms with Gasteiger partial charge in [0, 0.05) is 6.54 Å². The Labute approximate surface area is 123 Å². The van der Waals surface area contributed by atoms with Crippen molar-refractivity contribution < 1.29 is 4.74 Å². The fraction of sp³-hybridized carbons (Fsp3) is 0.800. The van der Waals surface area contributed by atoms with E-state index in [1.54, 1.807) is 7.11 Å². The van der Waals surface area contributed by atoms with Crippen LogP contribution in [0.2, 0.25) is 0 Å². The molecule has 0 amide bonds. The Morgan fingerprint density at radius 2 is 2.10 bits per heavy atom. The third-order valence-corrected chi connectivity index (χ3v) is 3.40. The molecule has 0 aliphatic carbocycles. The lowest BCUT2D eigenvalue weighted by Crippen LogP contribution is -2.30. The van der Waals surface area contributed by atoms with Crippen molar-refractivity contribution in [2.75, 3.05) is 34.3 Å². The summed E-state index contributed by atoms with van der Waals surface area (Å²) in [6.45, 7) is 9.50. The fourth-order valence-electron chi connectivity index (χ4n) is 2.27. The third kappa shape index (κ3) is 4.49. The predicted molar refractivity (Wildman–Crippen MR) is 83.2 cm³/mol. The zero-order valence-electron chi connectivity index (χ0n) is 13.8. The number of nitrogens with one attached hydrogen (secondary N) is 1. The van der Waals surface area contributed by atoms with Gasteiger partial charge in [0.15, 0.2) is 5.75 Å². The molecule has 0 saturated carbocycles. The van der Waals surface area contributed by atoms with Crippen molar-refractivity contribution >= 4 is 0 Å². The second kappa shape index (κ2) is 8.27. The average molecular weight is 282 g/mol. The molecule has 1 aromatic heterocycles. The molecule has 1 unspecified atom stereocenters. The molecule has 0 spiro atoms. The lowest BCUT2D eigenvalue weighted by Gasteiger charge is -2.25. The van der Waals surface area contributed by atoms with Gasteiger partial charge in [-0.25, -0.2) is 0 Å². The first-order valence-corrected chi connectivity index (χ1v) is 7.49. The zero-order chi connectivity index (χ0) is 15.1. The number of ether oxygens (including phenoxy) is 1. The highest BCUT2D eigenvalue weighted by Crippen LogP contribution is 2.30. The maximum atomic E-state index is 5.51. The summed E-state index contributed by atoms with van der Waals surface area (Å²) >= 11 is 0. The molecule has 5 nitrogen and oxygen atoms in total. The number of methoxy groups -OCH3 is 1. The van der Waals surface area contributed by atoms with Crippen molar-refractivity contribution in [1.29, 1.82) is 0 Å². The van der Waals surface area contributed by atoms with Crippen molar-refractivity contribution in [3.63, 3.8) is 0 Å². The van der Waals surface area contributed by atoms with Crippen LogP contribution in [0.15, 0.2) is 6.20 Å². The number of likely N-dealkylation sites (N-methyl/N-ethyl adjacent to an activating group) is 1. The predicted octanol–water partition coefficient (Wildman–Crippen LogP) is 2.15. The van der Waals surface area contributed by atoms with E-state index in [0.29, 0.717) is 5.92 Å². The van der Waals surface area contributed by atoms with Gasteiger partial charge in [-0.2, -0.15) is 5.10 Å². The highest BCUT2D eigenvalue weighted by Gasteiger charge is 2.24. The summed E-state index contributed by atoms with van der Waals surface area (Å²) in [5.41, 5.74) is 1.16. The van der Waals surface area contributed by atoms with Crippen LogP contribution >= 0.6 is 0 Å². The molecule has 0 bridgehead atoms. The molecule has 20 heavy (non-hydrogen) atoms. The summed E-state index contributed by atoms with van der Waals surface area (Å²) in [6.07, 6.45) is 2.95. The SMILES string of the molecule is CCCNC(c1c(OC)cnn1CCN(C)C)C(C)C. The molecular weight excluding hydrogens is 252 g/mol. The molecule has 0 fully saturated rings. The second-order valence-corrected chi connectivity index (χ2v) is 5.80. The summed E-state index contributed by atoms with van der Waals surface area (Å²) in [5.74, 6) is 1.37. The number of hydrogen-bond acceptors (Lipinski definition) is 4. The van der Waals surface area contributed by atoms with E-state index < -0.39 is 0 Å². The summed E-state index contributed by atoms with van der Waals surface area (Å²) in [5, 5.41) is 8.11. The van der Waals surface area contributed by atoms with Crippen molar-refractivity contribution in [2.24, 2.45) is 5.92 Å². The normalized spacial score (nSPS) is 13.2. The van der Waals surface area contributed by atoms with Crippen molar-refractivity contribution in [3.8, 4) is 5.75 Å². The maximum Gasteiger partial charge on any atom is 0.161 e. The van der Waals surface area contributed by atoms with E-state index in [-0.39, 0.29) is 6.04 Å². The highest BCUT2D eigenvalue weighted by molar-refractivity contribution is 5.28. The van der Waals surface area contributed by atoms with E-state index in [4.69, 9.17) is 4.74 Å². The molecule has 1 heterocycles. The van der Waals surface area contributed by atoms with Gasteiger partial charge in [-0.05, 0) is 33.0 Å². The van der Waals surface area contributed by atoms with Gasteiger partial charge < -0.3 is 15.0 Å². The molecule has 0 aromatic carbocycles. The van der Waals surface area contributed by atoms with E-state index >= 15 is 0 Å². The Kier molecular flexibility index (Phi) is 7.02. The van der Waals surface area contributed by atoms with Crippen LogP contribution in [0.4, 0.5) is 0 Å². The molecule has 1 aromatic rings. The minimum atomic E-state index is 0.273. The van der Waals surface area contributed by atoms with E-state index in [0.717, 1.165) is 37.5 Å². The number of nitrogens with zero attached hydrogens (tertiary/aromatic N) is 3. The van der Waals surface area contributed by atoms with Crippen LogP contribution in [-0.2, 0) is 6.54 Å². The Morgan fingerprint density at radius 1 is 1.40 bits per heavy atom. The quantitative estimate of drug-likeness (QED) is 0.753. The van der Waals surface area contributed by atoms with Gasteiger partial charge in [-0.3, -0.25) is 4.68 Å². The van der Waals surface area contributed by atoms with E-state index in [1.807, 2.05) is 6.20 Å². The lowest BCUT2D eigenvalue weighted by molar-refractivity contribution is 0.331. The molecular formula is C15H30N4O. The van der Waals surface area contributed by atoms with Crippen LogP contribution < -0.4 is 10.1 Å². The van der Waals surface area contributed by atoms with Gasteiger partial charge >= 0.3 is 0 Å². The number of rotatable bonds is 9. The third-order valence-electron chi connectivity index (χ3n) is 3.40. The second-order valence-electron chi connectivity index (χ2n) is 5.80. The van der Waals surface area contributed by atoms with E-state index in [2.05, 4.69) is 54.9 Å². The average Bonchev–Trinajstić information content (AvgIpc) is 2.79. The fourth-order valence-corrected chi connectivity index (χ4v) is 2.27. The van der Waals surface area contributed by atoms with Gasteiger partial charge in [-0.15, -0.1) is 0 Å². The Bertz CT molecular complexity index is 387. The summed E-state index contributed by atoms with van der Waals surface area (Å²) in [4.78, 5) is 2.17. The first-order valence-electron chi connectivity index (χ1n) is 7.49. The zero-order valence-corrected chi connectivity index (χ0v) is 13.8. The molecule has 5 heteroatoms. The Morgan fingerprint density at radius 3 is 2.60 bits per heavy atom. The highest BCUT2D eigenvalue weighted by atomic mass is 16.5. The topological polar surface area (TPSA) is 42.3 Å². The monoisotopic (exact) mass is 282 g/mol. The first kappa shape index (κ1) is 17.0. The number of aromatic nitrogens is 2. The van der Waals surface area contributed by atoms with Crippen LogP contribution in [0.3, 0.4) is 0 Å². The van der Waals surface area contributed by atoms with Gasteiger partial charge in [0.25, 0.3) is 0 Å². The van der Waals surface area contributed by atoms with Crippen molar-refractivity contribution in [1.82, 2.24) is 20.0 Å². The van der Waals surface area contributed by atoms with Gasteiger partial charge in [-0.1, -0.05) is 20.8 Å². The minimum absolute atomic E-state index is 0.273. The standard InChI is InChI=1S/C15H30N4O/c1-7-8-16-14(12(2)3)15-13(20-6)11-17-19(15)10-9-18(4)5/h11-12,14,16H,7-10H2,1-6H3. The number of hydrogen-bond donors (Lipinski definition) is 1. The van der Waals surface area contributed by atoms with Crippen LogP contribution in [0.1, 0.15) is 38.9 Å². The maximum absolute atomic E-state index is 5.51. The van der Waals surface area contributed by atoms with Crippen molar-refractivity contribution in [2.45, 2.75) is 39.8 Å². The first-order chi connectivity index (χ1) is 9.51. The summed E-state index contributed by atoms with van der Waals surface area (Å²) < 4.78 is 7.58. The van der Waals surface area contributed by atoms with Gasteiger partial charge in [0.05, 0.1) is 31.6 Å². The minimum Gasteiger partial charge on any atom is -0.493 e. The summed E-state index contributed by atoms with van der Waals surface area (Å²) in [6, 6.07) is 0.273. The Balaban J connectivity index is 2.99. The van der Waals surface area contributed by atoms with Crippen LogP contribution in [0.5, 0.6) is 5.75 Å². The molecule has 0 saturated heterocycles. The molecule has 0 radical (unpaired) electrons. The van der Waals surface area contributed by atoms with Gasteiger partial charge in [0.2, 0.25) is 0 Å². The van der Waals surface area contributed by atoms with Crippen LogP contribution in [0.25, 0.3) is 0 Å². The molecule has 0 aliphatic rings.